The predicted octanol–water partition coefficient (Wildman–Crippen LogP) is 1.99. The zero-order valence-corrected chi connectivity index (χ0v) is 13.2. The molecule has 0 spiro atoms. The summed E-state index contributed by atoms with van der Waals surface area (Å²) in [6.07, 6.45) is 1.56. The number of carbonyl (C=O) groups is 1. The number of methoxy groups -OCH3 is 1. The van der Waals surface area contributed by atoms with E-state index in [1.54, 1.807) is 42.0 Å². The fraction of sp³-hybridized carbons (Fsp3) is 0.214. The minimum atomic E-state index is -0.374. The molecule has 0 fully saturated rings. The zero-order chi connectivity index (χ0) is 14.7. The molecule has 0 amide bonds. The van der Waals surface area contributed by atoms with E-state index in [1.165, 1.54) is 7.11 Å². The summed E-state index contributed by atoms with van der Waals surface area (Å²) in [6, 6.07) is 6.97. The van der Waals surface area contributed by atoms with Crippen LogP contribution in [-0.2, 0) is 11.3 Å². The highest BCUT2D eigenvalue weighted by atomic mass is 127. The van der Waals surface area contributed by atoms with Gasteiger partial charge in [0.15, 0.2) is 0 Å². The second-order valence-corrected chi connectivity index (χ2v) is 5.40. The number of ether oxygens (including phenoxy) is 1. The summed E-state index contributed by atoms with van der Waals surface area (Å²) in [4.78, 5) is 27.6. The monoisotopic (exact) mass is 384 g/mol. The molecule has 104 valence electrons. The van der Waals surface area contributed by atoms with Gasteiger partial charge in [-0.15, -0.1) is 0 Å². The Kier molecular flexibility index (Phi) is 4.53. The molecule has 0 atom stereocenters. The fourth-order valence-corrected chi connectivity index (χ4v) is 2.21. The van der Waals surface area contributed by atoms with Crippen LogP contribution < -0.4 is 5.56 Å². The van der Waals surface area contributed by atoms with Gasteiger partial charge < -0.3 is 4.74 Å². The third kappa shape index (κ3) is 3.06. The van der Waals surface area contributed by atoms with Crippen molar-refractivity contribution in [3.05, 3.63) is 61.3 Å². The lowest BCUT2D eigenvalue weighted by atomic mass is 10.1. The molecule has 20 heavy (non-hydrogen) atoms. The molecule has 0 aliphatic rings. The Labute approximate surface area is 129 Å². The van der Waals surface area contributed by atoms with E-state index in [1.807, 2.05) is 22.6 Å². The maximum Gasteiger partial charge on any atom is 0.337 e. The van der Waals surface area contributed by atoms with Crippen LogP contribution in [0.4, 0.5) is 0 Å². The maximum atomic E-state index is 12.1. The number of esters is 1. The Morgan fingerprint density at radius 3 is 2.60 bits per heavy atom. The molecular formula is C14H13IN2O3. The molecule has 0 bridgehead atoms. The number of hydrogen-bond donors (Lipinski definition) is 0. The topological polar surface area (TPSA) is 61.2 Å². The predicted molar refractivity (Wildman–Crippen MR) is 82.8 cm³/mol. The van der Waals surface area contributed by atoms with E-state index in [4.69, 9.17) is 0 Å². The number of nitrogens with zero attached hydrogens (tertiary/aromatic N) is 2. The summed E-state index contributed by atoms with van der Waals surface area (Å²) in [7, 11) is 1.34. The minimum Gasteiger partial charge on any atom is -0.465 e. The van der Waals surface area contributed by atoms with Crippen LogP contribution in [0, 0.1) is 10.5 Å². The number of hydrogen-bond acceptors (Lipinski definition) is 4. The highest BCUT2D eigenvalue weighted by Crippen LogP contribution is 2.08. The molecule has 0 radical (unpaired) electrons. The molecule has 0 saturated heterocycles. The smallest absolute Gasteiger partial charge is 0.337 e. The van der Waals surface area contributed by atoms with Gasteiger partial charge in [0.05, 0.1) is 22.8 Å². The van der Waals surface area contributed by atoms with Crippen molar-refractivity contribution in [3.63, 3.8) is 0 Å². The van der Waals surface area contributed by atoms with Gasteiger partial charge in [-0.25, -0.2) is 9.78 Å². The van der Waals surface area contributed by atoms with Crippen molar-refractivity contribution in [1.29, 1.82) is 0 Å². The summed E-state index contributed by atoms with van der Waals surface area (Å²) in [5.41, 5.74) is 1.35. The molecule has 2 rings (SSSR count). The van der Waals surface area contributed by atoms with E-state index in [9.17, 15) is 9.59 Å². The Bertz CT molecular complexity index is 693. The summed E-state index contributed by atoms with van der Waals surface area (Å²) in [5.74, 6) is 0.285. The van der Waals surface area contributed by atoms with Crippen LogP contribution >= 0.6 is 22.6 Å². The van der Waals surface area contributed by atoms with Crippen molar-refractivity contribution in [2.75, 3.05) is 7.11 Å². The Hall–Kier alpha value is -1.70. The zero-order valence-electron chi connectivity index (χ0n) is 11.1. The standard InChI is InChI=1S/C14H13IN2O3/c1-9-16-7-12(15)13(18)17(9)8-10-3-5-11(6-4-10)14(19)20-2/h3-7H,8H2,1-2H3. The van der Waals surface area contributed by atoms with Crippen LogP contribution in [0.1, 0.15) is 21.7 Å². The van der Waals surface area contributed by atoms with Crippen LogP contribution in [0.2, 0.25) is 0 Å². The van der Waals surface area contributed by atoms with Crippen molar-refractivity contribution < 1.29 is 9.53 Å². The van der Waals surface area contributed by atoms with Gasteiger partial charge >= 0.3 is 5.97 Å². The van der Waals surface area contributed by atoms with Crippen LogP contribution in [0.25, 0.3) is 0 Å². The molecule has 5 nitrogen and oxygen atoms in total. The van der Waals surface area contributed by atoms with E-state index in [2.05, 4.69) is 9.72 Å². The Morgan fingerprint density at radius 1 is 1.35 bits per heavy atom. The van der Waals surface area contributed by atoms with Crippen molar-refractivity contribution in [2.24, 2.45) is 0 Å². The summed E-state index contributed by atoms with van der Waals surface area (Å²) in [5, 5.41) is 0. The van der Waals surface area contributed by atoms with E-state index in [0.29, 0.717) is 21.5 Å². The second-order valence-electron chi connectivity index (χ2n) is 4.23. The Balaban J connectivity index is 2.29. The van der Waals surface area contributed by atoms with E-state index in [0.717, 1.165) is 5.56 Å². The van der Waals surface area contributed by atoms with Crippen LogP contribution in [0.15, 0.2) is 35.3 Å². The lowest BCUT2D eigenvalue weighted by molar-refractivity contribution is 0.0600. The number of rotatable bonds is 3. The van der Waals surface area contributed by atoms with E-state index < -0.39 is 0 Å². The molecule has 0 aliphatic carbocycles. The first-order valence-corrected chi connectivity index (χ1v) is 7.00. The maximum absolute atomic E-state index is 12.1. The van der Waals surface area contributed by atoms with E-state index >= 15 is 0 Å². The normalized spacial score (nSPS) is 10.3. The molecule has 0 N–H and O–H groups in total. The quantitative estimate of drug-likeness (QED) is 0.600. The van der Waals surface area contributed by atoms with Crippen molar-refractivity contribution in [3.8, 4) is 0 Å². The Morgan fingerprint density at radius 2 is 2.00 bits per heavy atom. The third-order valence-corrected chi connectivity index (χ3v) is 3.66. The van der Waals surface area contributed by atoms with Crippen LogP contribution in [0.5, 0.6) is 0 Å². The summed E-state index contributed by atoms with van der Waals surface area (Å²) >= 11 is 1.97. The first kappa shape index (κ1) is 14.7. The molecule has 1 aromatic carbocycles. The van der Waals surface area contributed by atoms with Gasteiger partial charge in [0.25, 0.3) is 5.56 Å². The molecule has 0 saturated carbocycles. The number of carbonyl (C=O) groups excluding carboxylic acids is 1. The first-order chi connectivity index (χ1) is 9.52. The van der Waals surface area contributed by atoms with Crippen molar-refractivity contribution in [2.45, 2.75) is 13.5 Å². The van der Waals surface area contributed by atoms with Gasteiger partial charge in [0.1, 0.15) is 5.82 Å². The average Bonchev–Trinajstić information content (AvgIpc) is 2.47. The SMILES string of the molecule is COC(=O)c1ccc(Cn2c(C)ncc(I)c2=O)cc1. The largest absolute Gasteiger partial charge is 0.465 e. The molecular weight excluding hydrogens is 371 g/mol. The molecule has 0 aliphatic heterocycles. The van der Waals surface area contributed by atoms with Gasteiger partial charge in [-0.2, -0.15) is 0 Å². The van der Waals surface area contributed by atoms with Crippen molar-refractivity contribution in [1.82, 2.24) is 9.55 Å². The number of benzene rings is 1. The van der Waals surface area contributed by atoms with E-state index in [-0.39, 0.29) is 11.5 Å². The highest BCUT2D eigenvalue weighted by Gasteiger charge is 2.08. The van der Waals surface area contributed by atoms with Crippen molar-refractivity contribution >= 4 is 28.6 Å². The third-order valence-electron chi connectivity index (χ3n) is 2.92. The van der Waals surface area contributed by atoms with Crippen LogP contribution in [-0.4, -0.2) is 22.6 Å². The molecule has 2 aromatic rings. The first-order valence-electron chi connectivity index (χ1n) is 5.92. The molecule has 1 heterocycles. The lowest BCUT2D eigenvalue weighted by Gasteiger charge is -2.09. The number of halogens is 1. The summed E-state index contributed by atoms with van der Waals surface area (Å²) in [6.45, 7) is 2.22. The fourth-order valence-electron chi connectivity index (χ4n) is 1.78. The second kappa shape index (κ2) is 6.17. The highest BCUT2D eigenvalue weighted by molar-refractivity contribution is 14.1. The minimum absolute atomic E-state index is 0.0601. The average molecular weight is 384 g/mol. The molecule has 0 unspecified atom stereocenters. The number of aryl methyl sites for hydroxylation is 1. The lowest BCUT2D eigenvalue weighted by Crippen LogP contribution is -2.26. The van der Waals surface area contributed by atoms with Gasteiger partial charge in [-0.3, -0.25) is 9.36 Å². The van der Waals surface area contributed by atoms with Gasteiger partial charge in [0, 0.05) is 6.20 Å². The summed E-state index contributed by atoms with van der Waals surface area (Å²) < 4.78 is 6.83. The van der Waals surface area contributed by atoms with Gasteiger partial charge in [-0.05, 0) is 47.2 Å². The van der Waals surface area contributed by atoms with Gasteiger partial charge in [-0.1, -0.05) is 12.1 Å². The van der Waals surface area contributed by atoms with Crippen LogP contribution in [0.3, 0.4) is 0 Å². The molecule has 6 heteroatoms. The number of aromatic nitrogens is 2. The molecule has 1 aromatic heterocycles. The van der Waals surface area contributed by atoms with Gasteiger partial charge in [0.2, 0.25) is 0 Å².